The van der Waals surface area contributed by atoms with E-state index in [-0.39, 0.29) is 25.5 Å². The van der Waals surface area contributed by atoms with Crippen LogP contribution < -0.4 is 0 Å². The Bertz CT molecular complexity index is 2370. The summed E-state index contributed by atoms with van der Waals surface area (Å²) in [7, 11) is 2.10. The summed E-state index contributed by atoms with van der Waals surface area (Å²) in [5.41, 5.74) is 12.9. The molecule has 0 fully saturated rings. The van der Waals surface area contributed by atoms with Crippen LogP contribution in [-0.4, -0.2) is 14.5 Å². The van der Waals surface area contributed by atoms with Gasteiger partial charge in [0.25, 0.3) is 0 Å². The molecule has 5 aromatic carbocycles. The van der Waals surface area contributed by atoms with Crippen LogP contribution in [0.15, 0.2) is 134 Å². The summed E-state index contributed by atoms with van der Waals surface area (Å²) in [6.45, 7) is 4.60. The molecule has 8 aromatic rings. The van der Waals surface area contributed by atoms with Crippen molar-refractivity contribution >= 4 is 32.7 Å². The Kier molecular flexibility index (Phi) is 7.64. The van der Waals surface area contributed by atoms with E-state index in [9.17, 15) is 0 Å². The average Bonchev–Trinajstić information content (AvgIpc) is 3.51. The van der Waals surface area contributed by atoms with E-state index in [1.165, 1.54) is 49.4 Å². The van der Waals surface area contributed by atoms with E-state index >= 15 is 0 Å². The first kappa shape index (κ1) is 29.8. The van der Waals surface area contributed by atoms with Gasteiger partial charge in [0.05, 0.1) is 5.52 Å². The van der Waals surface area contributed by atoms with Gasteiger partial charge >= 0.3 is 0 Å². The van der Waals surface area contributed by atoms with Crippen LogP contribution in [-0.2, 0) is 32.6 Å². The van der Waals surface area contributed by atoms with Gasteiger partial charge in [-0.25, -0.2) is 0 Å². The zero-order chi connectivity index (χ0) is 30.5. The Morgan fingerprint density at radius 2 is 1.35 bits per heavy atom. The molecule has 3 aromatic heterocycles. The molecule has 1 aliphatic rings. The van der Waals surface area contributed by atoms with Crippen LogP contribution in [0.5, 0.6) is 0 Å². The second-order valence-electron chi connectivity index (χ2n) is 12.2. The van der Waals surface area contributed by atoms with Crippen molar-refractivity contribution in [2.24, 2.45) is 7.05 Å². The van der Waals surface area contributed by atoms with Gasteiger partial charge in [-0.05, 0) is 56.9 Å². The molecule has 0 atom stereocenters. The molecule has 3 nitrogen and oxygen atoms in total. The van der Waals surface area contributed by atoms with Gasteiger partial charge in [0, 0.05) is 38.9 Å². The van der Waals surface area contributed by atoms with E-state index in [4.69, 9.17) is 4.98 Å². The van der Waals surface area contributed by atoms with Gasteiger partial charge in [0.1, 0.15) is 0 Å². The van der Waals surface area contributed by atoms with Crippen LogP contribution in [0.4, 0.5) is 0 Å². The van der Waals surface area contributed by atoms with Crippen molar-refractivity contribution in [2.45, 2.75) is 19.3 Å². The third kappa shape index (κ3) is 4.95. The number of aryl methyl sites for hydroxylation is 1. The number of pyridine rings is 2. The summed E-state index contributed by atoms with van der Waals surface area (Å²) in [4.78, 5) is 9.24. The second-order valence-corrected chi connectivity index (χ2v) is 12.2. The van der Waals surface area contributed by atoms with Crippen LogP contribution in [0.25, 0.3) is 66.4 Å². The van der Waals surface area contributed by atoms with Crippen molar-refractivity contribution in [1.82, 2.24) is 14.5 Å². The fraction of sp³-hybridized carbons (Fsp3) is 0.0952. The minimum atomic E-state index is 0. The topological polar surface area (TPSA) is 30.7 Å². The minimum Gasteiger partial charge on any atom is -0.383 e. The van der Waals surface area contributed by atoms with Gasteiger partial charge in [-0.15, -0.1) is 53.1 Å². The van der Waals surface area contributed by atoms with Gasteiger partial charge < -0.3 is 9.55 Å². The first-order valence-corrected chi connectivity index (χ1v) is 15.3. The quantitative estimate of drug-likeness (QED) is 0.164. The molecule has 0 N–H and O–H groups in total. The fourth-order valence-corrected chi connectivity index (χ4v) is 6.77. The average molecular weight is 770 g/mol. The molecule has 46 heavy (non-hydrogen) atoms. The number of benzene rings is 5. The number of hydrogen-bond donors (Lipinski definition) is 0. The van der Waals surface area contributed by atoms with Crippen molar-refractivity contribution in [3.63, 3.8) is 0 Å². The van der Waals surface area contributed by atoms with Crippen molar-refractivity contribution in [1.29, 1.82) is 0 Å². The fourth-order valence-electron chi connectivity index (χ4n) is 6.77. The molecule has 1 aliphatic carbocycles. The van der Waals surface area contributed by atoms with E-state index in [0.717, 1.165) is 28.0 Å². The van der Waals surface area contributed by atoms with Gasteiger partial charge in [-0.3, -0.25) is 4.98 Å². The van der Waals surface area contributed by atoms with E-state index in [1.807, 2.05) is 36.5 Å². The van der Waals surface area contributed by atoms with Crippen molar-refractivity contribution in [3.05, 3.63) is 157 Å². The predicted octanol–water partition coefficient (Wildman–Crippen LogP) is 10.2. The second kappa shape index (κ2) is 11.8. The number of nitrogens with zero attached hydrogens (tertiary/aromatic N) is 3. The van der Waals surface area contributed by atoms with Crippen LogP contribution in [0.2, 0.25) is 0 Å². The number of aromatic nitrogens is 3. The number of rotatable bonds is 2. The molecule has 1 radical (unpaired) electrons. The van der Waals surface area contributed by atoms with Crippen LogP contribution >= 0.6 is 0 Å². The van der Waals surface area contributed by atoms with Crippen LogP contribution in [0, 0.1) is 12.1 Å². The summed E-state index contributed by atoms with van der Waals surface area (Å²) in [5, 5.41) is 3.69. The summed E-state index contributed by atoms with van der Waals surface area (Å²) < 4.78 is 2.21. The number of hydrogen-bond acceptors (Lipinski definition) is 2. The van der Waals surface area contributed by atoms with Crippen molar-refractivity contribution < 1.29 is 20.1 Å². The summed E-state index contributed by atoms with van der Waals surface area (Å²) >= 11 is 0. The Hall–Kier alpha value is -4.89. The number of para-hydroxylation sites is 2. The van der Waals surface area contributed by atoms with Gasteiger partial charge in [-0.2, -0.15) is 0 Å². The first-order chi connectivity index (χ1) is 22.0. The molecular weight excluding hydrogens is 739 g/mol. The van der Waals surface area contributed by atoms with Gasteiger partial charge in [-0.1, -0.05) is 115 Å². The molecule has 0 amide bonds. The zero-order valence-corrected chi connectivity index (χ0v) is 28.3. The molecule has 0 saturated heterocycles. The van der Waals surface area contributed by atoms with E-state index in [0.29, 0.717) is 0 Å². The zero-order valence-electron chi connectivity index (χ0n) is 25.9. The maximum absolute atomic E-state index is 4.84. The Labute approximate surface area is 283 Å². The molecular formula is C42H31IrN3-2. The smallest absolute Gasteiger partial charge is 0.0595 e. The third-order valence-corrected chi connectivity index (χ3v) is 9.18. The minimum absolute atomic E-state index is 0. The summed E-state index contributed by atoms with van der Waals surface area (Å²) in [6.07, 6.45) is 1.82. The molecule has 0 unspecified atom stereocenters. The SMILES string of the molecule is CC1(C)c2ccccc2-c2c[c-]c(-c3ccc4ccccc4n3)cc21.Cn1c2c[c-]c(-c3ccccn3)cc2c2ccccc21.[Ir]. The van der Waals surface area contributed by atoms with E-state index < -0.39 is 0 Å². The Morgan fingerprint density at radius 1 is 0.609 bits per heavy atom. The molecule has 4 heteroatoms. The molecule has 0 spiro atoms. The summed E-state index contributed by atoms with van der Waals surface area (Å²) in [5.74, 6) is 0. The predicted molar refractivity (Wildman–Crippen MR) is 186 cm³/mol. The van der Waals surface area contributed by atoms with Crippen LogP contribution in [0.3, 0.4) is 0 Å². The largest absolute Gasteiger partial charge is 0.383 e. The van der Waals surface area contributed by atoms with Gasteiger partial charge in [0.15, 0.2) is 0 Å². The molecule has 0 saturated carbocycles. The molecule has 9 rings (SSSR count). The standard InChI is InChI=1S/C24H18N.C18H13N2.Ir/c1-24(2)20-9-5-4-8-18(20)19-13-11-17(15-21(19)24)23-14-12-16-7-3-6-10-22(16)25-23;1-20-17-8-3-2-6-14(17)15-12-13(9-10-18(15)20)16-7-4-5-11-19-16;/h3-10,12-15H,1-2H3;2-8,10-12H,1H3;/q2*-1;. The number of fused-ring (bicyclic) bond motifs is 7. The normalized spacial score (nSPS) is 12.7. The third-order valence-electron chi connectivity index (χ3n) is 9.18. The van der Waals surface area contributed by atoms with E-state index in [2.05, 4.69) is 140 Å². The first-order valence-electron chi connectivity index (χ1n) is 15.3. The molecule has 225 valence electrons. The molecule has 0 aliphatic heterocycles. The Morgan fingerprint density at radius 3 is 2.22 bits per heavy atom. The van der Waals surface area contributed by atoms with Gasteiger partial charge in [0.2, 0.25) is 0 Å². The van der Waals surface area contributed by atoms with Crippen LogP contribution in [0.1, 0.15) is 25.0 Å². The molecule has 3 heterocycles. The Balaban J connectivity index is 0.000000147. The summed E-state index contributed by atoms with van der Waals surface area (Å²) in [6, 6.07) is 51.0. The van der Waals surface area contributed by atoms with Crippen molar-refractivity contribution in [3.8, 4) is 33.6 Å². The molecule has 0 bridgehead atoms. The maximum atomic E-state index is 4.84. The van der Waals surface area contributed by atoms with E-state index in [1.54, 1.807) is 0 Å². The van der Waals surface area contributed by atoms with Crippen molar-refractivity contribution in [2.75, 3.05) is 0 Å². The maximum Gasteiger partial charge on any atom is 0.0595 e. The monoisotopic (exact) mass is 770 g/mol.